The molecule has 5 rings (SSSR count). The summed E-state index contributed by atoms with van der Waals surface area (Å²) in [6.07, 6.45) is 7.44. The summed E-state index contributed by atoms with van der Waals surface area (Å²) in [4.78, 5) is 0. The van der Waals surface area contributed by atoms with E-state index in [1.165, 1.54) is 0 Å². The minimum atomic E-state index is -0.330. The lowest BCUT2D eigenvalue weighted by Crippen LogP contribution is -2.41. The predicted octanol–water partition coefficient (Wildman–Crippen LogP) is 3.73. The van der Waals surface area contributed by atoms with Gasteiger partial charge in [-0.25, -0.2) is 9.03 Å². The Morgan fingerprint density at radius 1 is 0.786 bits per heavy atom. The number of nitrogens with zero attached hydrogens (tertiary/aromatic N) is 4. The summed E-state index contributed by atoms with van der Waals surface area (Å²) in [7, 11) is -0.330. The fraction of sp³-hybridized carbons (Fsp3) is 0.300. The number of hydrogen-bond donors (Lipinski definition) is 0. The highest BCUT2D eigenvalue weighted by molar-refractivity contribution is 9.10. The van der Waals surface area contributed by atoms with Gasteiger partial charge in [0.15, 0.2) is 0 Å². The van der Waals surface area contributed by atoms with Crippen LogP contribution < -0.4 is 5.46 Å². The van der Waals surface area contributed by atoms with Gasteiger partial charge in [-0.15, -0.1) is 0 Å². The highest BCUT2D eigenvalue weighted by atomic mass is 79.9. The van der Waals surface area contributed by atoms with Gasteiger partial charge in [-0.2, -0.15) is 10.2 Å². The van der Waals surface area contributed by atoms with Gasteiger partial charge in [0, 0.05) is 34.7 Å². The van der Waals surface area contributed by atoms with E-state index >= 15 is 0 Å². The number of aromatic nitrogens is 4. The molecular formula is C20H22BBrN4O2. The lowest BCUT2D eigenvalue weighted by molar-refractivity contribution is 0.00578. The smallest absolute Gasteiger partial charge is 0.399 e. The Labute approximate surface area is 172 Å². The average Bonchev–Trinajstić information content (AvgIpc) is 3.32. The van der Waals surface area contributed by atoms with Crippen molar-refractivity contribution >= 4 is 39.5 Å². The van der Waals surface area contributed by atoms with Crippen LogP contribution in [0.1, 0.15) is 27.7 Å². The zero-order valence-corrected chi connectivity index (χ0v) is 17.9. The molecule has 1 saturated heterocycles. The van der Waals surface area contributed by atoms with E-state index < -0.39 is 0 Å². The first-order chi connectivity index (χ1) is 13.2. The van der Waals surface area contributed by atoms with Crippen LogP contribution in [0.3, 0.4) is 0 Å². The zero-order chi connectivity index (χ0) is 19.9. The van der Waals surface area contributed by atoms with Gasteiger partial charge >= 0.3 is 7.12 Å². The van der Waals surface area contributed by atoms with Crippen molar-refractivity contribution in [2.24, 2.45) is 0 Å². The highest BCUT2D eigenvalue weighted by Gasteiger charge is 2.51. The maximum atomic E-state index is 6.01. The normalized spacial score (nSPS) is 17.7. The van der Waals surface area contributed by atoms with Crippen molar-refractivity contribution in [3.8, 4) is 0 Å². The van der Waals surface area contributed by atoms with Crippen molar-refractivity contribution in [1.82, 2.24) is 19.2 Å². The summed E-state index contributed by atoms with van der Waals surface area (Å²) in [6.45, 7) is 8.22. The molecule has 8 heteroatoms. The molecule has 0 aliphatic carbocycles. The topological polar surface area (TPSA) is 53.1 Å². The van der Waals surface area contributed by atoms with Crippen LogP contribution in [0, 0.1) is 0 Å². The molecule has 0 aromatic carbocycles. The summed E-state index contributed by atoms with van der Waals surface area (Å²) in [6, 6.07) is 12.0. The van der Waals surface area contributed by atoms with E-state index in [2.05, 4.69) is 53.8 Å². The first kappa shape index (κ1) is 19.2. The minimum Gasteiger partial charge on any atom is -0.399 e. The van der Waals surface area contributed by atoms with E-state index in [9.17, 15) is 0 Å². The largest absolute Gasteiger partial charge is 0.496 e. The Balaban J connectivity index is 0.000000162. The third-order valence-electron chi connectivity index (χ3n) is 5.30. The zero-order valence-electron chi connectivity index (χ0n) is 16.3. The quantitative estimate of drug-likeness (QED) is 0.423. The first-order valence-corrected chi connectivity index (χ1v) is 9.92. The van der Waals surface area contributed by atoms with Crippen LogP contribution in [0.2, 0.25) is 0 Å². The van der Waals surface area contributed by atoms with Gasteiger partial charge in [-0.05, 0) is 74.0 Å². The summed E-state index contributed by atoms with van der Waals surface area (Å²) in [5.41, 5.74) is 2.55. The SMILES string of the molecule is Brc1ccc2ccnn2c1.CC1(C)OB(c2ccc3ccnn3c2)OC1(C)C. The fourth-order valence-corrected chi connectivity index (χ4v) is 3.26. The number of pyridine rings is 2. The lowest BCUT2D eigenvalue weighted by Gasteiger charge is -2.32. The van der Waals surface area contributed by atoms with Gasteiger partial charge in [-0.1, -0.05) is 6.07 Å². The lowest BCUT2D eigenvalue weighted by atomic mass is 9.80. The van der Waals surface area contributed by atoms with Crippen LogP contribution in [-0.2, 0) is 9.31 Å². The molecule has 0 radical (unpaired) electrons. The van der Waals surface area contributed by atoms with E-state index in [4.69, 9.17) is 9.31 Å². The van der Waals surface area contributed by atoms with Crippen LogP contribution in [0.25, 0.3) is 11.0 Å². The molecule has 0 spiro atoms. The Morgan fingerprint density at radius 3 is 1.93 bits per heavy atom. The third kappa shape index (κ3) is 3.59. The Kier molecular flexibility index (Phi) is 4.81. The third-order valence-corrected chi connectivity index (χ3v) is 5.77. The van der Waals surface area contributed by atoms with Gasteiger partial charge in [0.1, 0.15) is 0 Å². The maximum absolute atomic E-state index is 6.01. The molecule has 0 atom stereocenters. The van der Waals surface area contributed by atoms with Crippen molar-refractivity contribution < 1.29 is 9.31 Å². The van der Waals surface area contributed by atoms with Crippen molar-refractivity contribution in [1.29, 1.82) is 0 Å². The monoisotopic (exact) mass is 440 g/mol. The Hall–Kier alpha value is -2.16. The molecule has 5 heterocycles. The molecule has 0 saturated carbocycles. The second kappa shape index (κ2) is 7.02. The molecule has 0 bridgehead atoms. The minimum absolute atomic E-state index is 0.309. The molecule has 6 nitrogen and oxygen atoms in total. The summed E-state index contributed by atoms with van der Waals surface area (Å²) >= 11 is 3.36. The predicted molar refractivity (Wildman–Crippen MR) is 114 cm³/mol. The van der Waals surface area contributed by atoms with Crippen molar-refractivity contribution in [2.45, 2.75) is 38.9 Å². The fourth-order valence-electron chi connectivity index (χ4n) is 2.94. The molecule has 28 heavy (non-hydrogen) atoms. The van der Waals surface area contributed by atoms with E-state index in [-0.39, 0.29) is 18.3 Å². The average molecular weight is 441 g/mol. The Bertz CT molecular complexity index is 1110. The second-order valence-electron chi connectivity index (χ2n) is 7.80. The molecular weight excluding hydrogens is 419 g/mol. The summed E-state index contributed by atoms with van der Waals surface area (Å²) in [5, 5.41) is 8.30. The van der Waals surface area contributed by atoms with Crippen molar-refractivity contribution in [3.05, 3.63) is 65.7 Å². The molecule has 0 unspecified atom stereocenters. The maximum Gasteiger partial charge on any atom is 0.496 e. The molecule has 4 aromatic heterocycles. The van der Waals surface area contributed by atoms with E-state index in [0.29, 0.717) is 0 Å². The number of hydrogen-bond acceptors (Lipinski definition) is 4. The van der Waals surface area contributed by atoms with Crippen LogP contribution in [-0.4, -0.2) is 37.5 Å². The Morgan fingerprint density at radius 2 is 1.32 bits per heavy atom. The summed E-state index contributed by atoms with van der Waals surface area (Å²) in [5.74, 6) is 0. The molecule has 0 amide bonds. The van der Waals surface area contributed by atoms with E-state index in [1.807, 2.05) is 57.8 Å². The molecule has 1 fully saturated rings. The van der Waals surface area contributed by atoms with Gasteiger partial charge in [0.05, 0.1) is 22.2 Å². The molecule has 4 aromatic rings. The number of rotatable bonds is 1. The van der Waals surface area contributed by atoms with Gasteiger partial charge in [-0.3, -0.25) is 0 Å². The molecule has 0 N–H and O–H groups in total. The van der Waals surface area contributed by atoms with Crippen LogP contribution in [0.4, 0.5) is 0 Å². The first-order valence-electron chi connectivity index (χ1n) is 9.13. The van der Waals surface area contributed by atoms with Crippen LogP contribution in [0.5, 0.6) is 0 Å². The standard InChI is InChI=1S/C13H17BN2O2.C7H5BrN2/c1-12(2)13(3,4)18-14(17-12)10-5-6-11-7-8-15-16(11)9-10;8-6-1-2-7-3-4-9-10(7)5-6/h5-9H,1-4H3;1-5H. The van der Waals surface area contributed by atoms with Gasteiger partial charge < -0.3 is 9.31 Å². The number of halogens is 1. The summed E-state index contributed by atoms with van der Waals surface area (Å²) < 4.78 is 16.7. The van der Waals surface area contributed by atoms with Gasteiger partial charge in [0.2, 0.25) is 0 Å². The van der Waals surface area contributed by atoms with Gasteiger partial charge in [0.25, 0.3) is 0 Å². The molecule has 1 aliphatic rings. The van der Waals surface area contributed by atoms with E-state index in [0.717, 1.165) is 21.0 Å². The van der Waals surface area contributed by atoms with Crippen molar-refractivity contribution in [2.75, 3.05) is 0 Å². The number of fused-ring (bicyclic) bond motifs is 2. The van der Waals surface area contributed by atoms with Crippen LogP contribution in [0.15, 0.2) is 65.7 Å². The van der Waals surface area contributed by atoms with E-state index in [1.54, 1.807) is 12.4 Å². The molecule has 144 valence electrons. The molecule has 1 aliphatic heterocycles. The van der Waals surface area contributed by atoms with Crippen LogP contribution >= 0.6 is 15.9 Å². The highest BCUT2D eigenvalue weighted by Crippen LogP contribution is 2.36. The van der Waals surface area contributed by atoms with Crippen molar-refractivity contribution in [3.63, 3.8) is 0 Å². The second-order valence-corrected chi connectivity index (χ2v) is 8.71.